The van der Waals surface area contributed by atoms with E-state index in [1.54, 1.807) is 6.08 Å². The first kappa shape index (κ1) is 21.8. The second-order valence-corrected chi connectivity index (χ2v) is 8.18. The Morgan fingerprint density at radius 1 is 1.06 bits per heavy atom. The molecule has 0 unspecified atom stereocenters. The normalized spacial score (nSPS) is 10.9. The van der Waals surface area contributed by atoms with Gasteiger partial charge >= 0.3 is 5.97 Å². The van der Waals surface area contributed by atoms with Gasteiger partial charge in [-0.3, -0.25) is 14.4 Å². The minimum Gasteiger partial charge on any atom is -0.477 e. The predicted molar refractivity (Wildman–Crippen MR) is 116 cm³/mol. The van der Waals surface area contributed by atoms with Crippen molar-refractivity contribution >= 4 is 33.9 Å². The number of H-pyrrole nitrogens is 1. The summed E-state index contributed by atoms with van der Waals surface area (Å²) in [6.45, 7) is 0. The molecule has 160 valence electrons. The van der Waals surface area contributed by atoms with E-state index in [-0.39, 0.29) is 21.8 Å². The molecular weight excluding hydrogens is 422 g/mol. The van der Waals surface area contributed by atoms with Crippen molar-refractivity contribution in [3.05, 3.63) is 81.4 Å². The zero-order valence-corrected chi connectivity index (χ0v) is 17.4. The average Bonchev–Trinajstić information content (AvgIpc) is 3.04. The molecular formula is C21H19N3O6S. The van der Waals surface area contributed by atoms with Gasteiger partial charge in [-0.05, 0) is 54.1 Å². The number of nitrogens with one attached hydrogen (secondary N) is 1. The van der Waals surface area contributed by atoms with Gasteiger partial charge in [0.1, 0.15) is 0 Å². The fourth-order valence-electron chi connectivity index (χ4n) is 2.79. The number of benzene rings is 2. The molecule has 0 aliphatic rings. The molecule has 3 N–H and O–H groups in total. The number of carbonyl (C=O) groups is 1. The Morgan fingerprint density at radius 2 is 1.68 bits per heavy atom. The fourth-order valence-corrected chi connectivity index (χ4v) is 3.27. The molecule has 9 nitrogen and oxygen atoms in total. The van der Waals surface area contributed by atoms with Gasteiger partial charge in [-0.1, -0.05) is 12.1 Å². The van der Waals surface area contributed by atoms with E-state index in [2.05, 4.69) is 10.8 Å². The van der Waals surface area contributed by atoms with Crippen LogP contribution in [0.3, 0.4) is 0 Å². The number of carboxylic acids is 1. The quantitative estimate of drug-likeness (QED) is 0.395. The van der Waals surface area contributed by atoms with Crippen LogP contribution in [0.5, 0.6) is 0 Å². The Morgan fingerprint density at radius 3 is 2.19 bits per heavy atom. The Labute approximate surface area is 177 Å². The standard InChI is InChI=1S/C21H19N3O6S/c1-23(2)15-8-6-14(7-9-15)4-3-5-18-19(21(26)27)22-24(20(18)25)16-10-12-17(13-11-16)31(28,29)30/h4-13,22H,1-2H3,(H,26,27)(H,28,29,30). The van der Waals surface area contributed by atoms with Crippen LogP contribution in [-0.4, -0.2) is 47.9 Å². The van der Waals surface area contributed by atoms with E-state index in [1.807, 2.05) is 43.3 Å². The third-order valence-electron chi connectivity index (χ3n) is 4.42. The highest BCUT2D eigenvalue weighted by atomic mass is 32.2. The summed E-state index contributed by atoms with van der Waals surface area (Å²) in [5.74, 6) is -1.34. The van der Waals surface area contributed by atoms with E-state index in [1.165, 1.54) is 18.2 Å². The van der Waals surface area contributed by atoms with Crippen molar-refractivity contribution in [1.29, 1.82) is 0 Å². The molecule has 1 aromatic heterocycles. The lowest BCUT2D eigenvalue weighted by atomic mass is 10.2. The van der Waals surface area contributed by atoms with E-state index < -0.39 is 21.6 Å². The Balaban J connectivity index is 1.99. The molecule has 3 aromatic rings. The van der Waals surface area contributed by atoms with Gasteiger partial charge in [0, 0.05) is 19.8 Å². The van der Waals surface area contributed by atoms with Gasteiger partial charge in [0.2, 0.25) is 0 Å². The molecule has 0 radical (unpaired) electrons. The summed E-state index contributed by atoms with van der Waals surface area (Å²) in [4.78, 5) is 25.9. The van der Waals surface area contributed by atoms with Crippen LogP contribution in [0.15, 0.2) is 64.0 Å². The summed E-state index contributed by atoms with van der Waals surface area (Å²) >= 11 is 0. The summed E-state index contributed by atoms with van der Waals surface area (Å²) in [6, 6.07) is 12.3. The van der Waals surface area contributed by atoms with Crippen LogP contribution < -0.4 is 10.5 Å². The van der Waals surface area contributed by atoms with Crippen molar-refractivity contribution in [2.24, 2.45) is 0 Å². The van der Waals surface area contributed by atoms with Crippen LogP contribution in [-0.2, 0) is 10.1 Å². The number of hydrogen-bond donors (Lipinski definition) is 3. The van der Waals surface area contributed by atoms with Gasteiger partial charge in [0.25, 0.3) is 15.7 Å². The fraction of sp³-hybridized carbons (Fsp3) is 0.0952. The summed E-state index contributed by atoms with van der Waals surface area (Å²) < 4.78 is 32.4. The second-order valence-electron chi connectivity index (χ2n) is 6.76. The van der Waals surface area contributed by atoms with E-state index in [0.29, 0.717) is 0 Å². The van der Waals surface area contributed by atoms with Crippen molar-refractivity contribution in [2.45, 2.75) is 4.90 Å². The Bertz CT molecular complexity index is 1340. The van der Waals surface area contributed by atoms with Crippen molar-refractivity contribution in [1.82, 2.24) is 9.78 Å². The number of anilines is 1. The third-order valence-corrected chi connectivity index (χ3v) is 5.29. The van der Waals surface area contributed by atoms with Gasteiger partial charge in [-0.25, -0.2) is 9.48 Å². The number of hydrogen-bond acceptors (Lipinski definition) is 5. The molecule has 10 heteroatoms. The van der Waals surface area contributed by atoms with Crippen LogP contribution in [0.25, 0.3) is 17.8 Å². The summed E-state index contributed by atoms with van der Waals surface area (Å²) in [5, 5.41) is 11.9. The Kier molecular flexibility index (Phi) is 5.98. The number of aromatic nitrogens is 2. The maximum absolute atomic E-state index is 12.7. The van der Waals surface area contributed by atoms with E-state index in [0.717, 1.165) is 28.1 Å². The zero-order valence-electron chi connectivity index (χ0n) is 16.6. The lowest BCUT2D eigenvalue weighted by Gasteiger charge is -2.11. The molecule has 0 saturated carbocycles. The van der Waals surface area contributed by atoms with Crippen LogP contribution in [0.1, 0.15) is 21.6 Å². The van der Waals surface area contributed by atoms with Gasteiger partial charge < -0.3 is 10.0 Å². The first-order valence-corrected chi connectivity index (χ1v) is 10.4. The molecule has 1 heterocycles. The maximum atomic E-state index is 12.7. The minimum atomic E-state index is -4.39. The SMILES string of the molecule is CN(C)c1ccc(C=C=Cc2c(C(=O)O)[nH]n(-c3ccc(S(=O)(=O)O)cc3)c2=O)cc1. The van der Waals surface area contributed by atoms with Crippen molar-refractivity contribution in [3.63, 3.8) is 0 Å². The van der Waals surface area contributed by atoms with Crippen molar-refractivity contribution in [2.75, 3.05) is 19.0 Å². The third kappa shape index (κ3) is 4.84. The smallest absolute Gasteiger partial charge is 0.354 e. The van der Waals surface area contributed by atoms with E-state index >= 15 is 0 Å². The summed E-state index contributed by atoms with van der Waals surface area (Å²) in [6.07, 6.45) is 2.88. The molecule has 31 heavy (non-hydrogen) atoms. The maximum Gasteiger partial charge on any atom is 0.354 e. The van der Waals surface area contributed by atoms with Gasteiger partial charge in [-0.2, -0.15) is 8.42 Å². The van der Waals surface area contributed by atoms with Crippen LogP contribution in [0.4, 0.5) is 5.69 Å². The molecule has 0 spiro atoms. The molecule has 3 rings (SSSR count). The number of nitrogens with zero attached hydrogens (tertiary/aromatic N) is 2. The largest absolute Gasteiger partial charge is 0.477 e. The predicted octanol–water partition coefficient (Wildman–Crippen LogP) is 2.50. The first-order valence-electron chi connectivity index (χ1n) is 8.94. The summed E-state index contributed by atoms with van der Waals surface area (Å²) in [7, 11) is -0.545. The summed E-state index contributed by atoms with van der Waals surface area (Å²) in [5.41, 5.74) is 3.74. The monoisotopic (exact) mass is 441 g/mol. The Hall–Kier alpha value is -3.85. The minimum absolute atomic E-state index is 0.118. The molecule has 0 fully saturated rings. The van der Waals surface area contributed by atoms with Crippen LogP contribution >= 0.6 is 0 Å². The highest BCUT2D eigenvalue weighted by molar-refractivity contribution is 7.85. The number of aromatic amines is 1. The molecule has 2 aromatic carbocycles. The highest BCUT2D eigenvalue weighted by Crippen LogP contribution is 2.15. The second kappa shape index (κ2) is 8.49. The van der Waals surface area contributed by atoms with E-state index in [9.17, 15) is 23.1 Å². The molecule has 0 atom stereocenters. The van der Waals surface area contributed by atoms with Gasteiger partial charge in [0.05, 0.1) is 16.1 Å². The van der Waals surface area contributed by atoms with Gasteiger partial charge in [-0.15, -0.1) is 5.73 Å². The number of aromatic carboxylic acids is 1. The molecule has 0 amide bonds. The van der Waals surface area contributed by atoms with Crippen molar-refractivity contribution < 1.29 is 22.9 Å². The molecule has 0 aliphatic carbocycles. The average molecular weight is 441 g/mol. The number of rotatable bonds is 6. The molecule has 0 bridgehead atoms. The van der Waals surface area contributed by atoms with Gasteiger partial charge in [0.15, 0.2) is 5.69 Å². The molecule has 0 saturated heterocycles. The van der Waals surface area contributed by atoms with Crippen LogP contribution in [0, 0.1) is 0 Å². The number of carboxylic acid groups (broad SMARTS) is 1. The van der Waals surface area contributed by atoms with Crippen molar-refractivity contribution in [3.8, 4) is 5.69 Å². The van der Waals surface area contributed by atoms with E-state index in [4.69, 9.17) is 4.55 Å². The lowest BCUT2D eigenvalue weighted by Crippen LogP contribution is -2.15. The lowest BCUT2D eigenvalue weighted by molar-refractivity contribution is 0.0689. The van der Waals surface area contributed by atoms with Crippen LogP contribution in [0.2, 0.25) is 0 Å². The first-order chi connectivity index (χ1) is 14.6. The molecule has 0 aliphatic heterocycles. The highest BCUT2D eigenvalue weighted by Gasteiger charge is 2.19. The zero-order chi connectivity index (χ0) is 22.8. The topological polar surface area (TPSA) is 133 Å².